The number of aryl methyl sites for hydroxylation is 1. The van der Waals surface area contributed by atoms with Gasteiger partial charge in [-0.2, -0.15) is 0 Å². The van der Waals surface area contributed by atoms with E-state index < -0.39 is 0 Å². The average molecular weight is 270 g/mol. The van der Waals surface area contributed by atoms with Gasteiger partial charge in [-0.05, 0) is 25.1 Å². The van der Waals surface area contributed by atoms with Crippen LogP contribution >= 0.6 is 22.9 Å². The minimum Gasteiger partial charge on any atom is -0.336 e. The molecule has 0 saturated carbocycles. The summed E-state index contributed by atoms with van der Waals surface area (Å²) in [4.78, 5) is 5.41. The summed E-state index contributed by atoms with van der Waals surface area (Å²) in [6, 6.07) is 4.20. The molecule has 1 unspecified atom stereocenters. The molecule has 0 bridgehead atoms. The summed E-state index contributed by atoms with van der Waals surface area (Å²) in [6.45, 7) is 3.14. The van der Waals surface area contributed by atoms with Crippen LogP contribution in [0.2, 0.25) is 4.34 Å². The Morgan fingerprint density at radius 3 is 2.88 bits per heavy atom. The number of nitrogens with zero attached hydrogens (tertiary/aromatic N) is 2. The monoisotopic (exact) mass is 269 g/mol. The largest absolute Gasteiger partial charge is 0.336 e. The molecule has 5 heteroatoms. The summed E-state index contributed by atoms with van der Waals surface area (Å²) >= 11 is 7.62. The van der Waals surface area contributed by atoms with Crippen molar-refractivity contribution in [2.24, 2.45) is 7.05 Å². The van der Waals surface area contributed by atoms with Crippen LogP contribution in [0.25, 0.3) is 0 Å². The zero-order chi connectivity index (χ0) is 12.3. The van der Waals surface area contributed by atoms with Crippen molar-refractivity contribution >= 4 is 22.9 Å². The minimum atomic E-state index is 0.181. The molecule has 3 nitrogen and oxygen atoms in total. The van der Waals surface area contributed by atoms with Crippen molar-refractivity contribution in [2.75, 3.05) is 6.54 Å². The number of nitrogens with one attached hydrogen (secondary N) is 1. The van der Waals surface area contributed by atoms with E-state index in [9.17, 15) is 0 Å². The van der Waals surface area contributed by atoms with E-state index in [0.29, 0.717) is 0 Å². The third kappa shape index (κ3) is 2.89. The van der Waals surface area contributed by atoms with Gasteiger partial charge in [0.1, 0.15) is 0 Å². The molecule has 0 amide bonds. The van der Waals surface area contributed by atoms with Crippen LogP contribution in [0, 0.1) is 0 Å². The van der Waals surface area contributed by atoms with Gasteiger partial charge in [-0.3, -0.25) is 0 Å². The van der Waals surface area contributed by atoms with Crippen LogP contribution in [-0.2, 0) is 7.05 Å². The maximum Gasteiger partial charge on any atom is 0.0946 e. The van der Waals surface area contributed by atoms with Gasteiger partial charge in [0, 0.05) is 11.9 Å². The van der Waals surface area contributed by atoms with Gasteiger partial charge in [0.25, 0.3) is 0 Å². The number of hydrogen-bond acceptors (Lipinski definition) is 3. The molecule has 2 aromatic heterocycles. The van der Waals surface area contributed by atoms with E-state index in [1.165, 1.54) is 4.88 Å². The molecular weight excluding hydrogens is 254 g/mol. The Bertz CT molecular complexity index is 478. The lowest BCUT2D eigenvalue weighted by Gasteiger charge is -2.17. The summed E-state index contributed by atoms with van der Waals surface area (Å²) in [5, 5.41) is 3.53. The summed E-state index contributed by atoms with van der Waals surface area (Å²) in [5.74, 6) is 0. The summed E-state index contributed by atoms with van der Waals surface area (Å²) in [6.07, 6.45) is 4.83. The molecule has 17 heavy (non-hydrogen) atoms. The molecule has 0 aliphatic carbocycles. The normalized spacial score (nSPS) is 12.9. The van der Waals surface area contributed by atoms with Crippen LogP contribution in [0.15, 0.2) is 24.7 Å². The molecule has 1 atom stereocenters. The summed E-state index contributed by atoms with van der Waals surface area (Å²) in [7, 11) is 2.01. The molecular formula is C12H16ClN3S. The number of rotatable bonds is 5. The first-order chi connectivity index (χ1) is 8.22. The first-order valence-corrected chi connectivity index (χ1v) is 6.86. The van der Waals surface area contributed by atoms with Crippen LogP contribution in [0.4, 0.5) is 0 Å². The lowest BCUT2D eigenvalue weighted by atomic mass is 10.1. The smallest absolute Gasteiger partial charge is 0.0946 e. The zero-order valence-corrected chi connectivity index (χ0v) is 11.6. The van der Waals surface area contributed by atoms with E-state index >= 15 is 0 Å². The molecule has 2 aromatic rings. The number of imidazole rings is 1. The van der Waals surface area contributed by atoms with E-state index in [2.05, 4.69) is 23.3 Å². The van der Waals surface area contributed by atoms with E-state index in [1.54, 1.807) is 11.3 Å². The van der Waals surface area contributed by atoms with Crippen molar-refractivity contribution in [2.45, 2.75) is 19.4 Å². The standard InChI is InChI=1S/C12H16ClN3S/c1-3-6-15-12(9-7-14-8-16(9)2)10-4-5-11(13)17-10/h4-5,7-8,12,15H,3,6H2,1-2H3. The second-order valence-corrected chi connectivity index (χ2v) is 5.71. The van der Waals surface area contributed by atoms with Gasteiger partial charge < -0.3 is 9.88 Å². The lowest BCUT2D eigenvalue weighted by molar-refractivity contribution is 0.576. The highest BCUT2D eigenvalue weighted by Gasteiger charge is 2.18. The molecule has 0 saturated heterocycles. The second-order valence-electron chi connectivity index (χ2n) is 3.96. The molecule has 2 heterocycles. The van der Waals surface area contributed by atoms with Crippen LogP contribution in [0.3, 0.4) is 0 Å². The Morgan fingerprint density at radius 1 is 1.53 bits per heavy atom. The minimum absolute atomic E-state index is 0.181. The van der Waals surface area contributed by atoms with Crippen molar-refractivity contribution in [1.29, 1.82) is 0 Å². The maximum absolute atomic E-state index is 6.01. The second kappa shape index (κ2) is 5.67. The van der Waals surface area contributed by atoms with E-state index in [0.717, 1.165) is 23.0 Å². The van der Waals surface area contributed by atoms with Gasteiger partial charge in [-0.25, -0.2) is 4.98 Å². The van der Waals surface area contributed by atoms with Crippen molar-refractivity contribution in [3.05, 3.63) is 39.6 Å². The number of halogens is 1. The van der Waals surface area contributed by atoms with Crippen molar-refractivity contribution < 1.29 is 0 Å². The molecule has 0 fully saturated rings. The topological polar surface area (TPSA) is 29.9 Å². The molecule has 0 radical (unpaired) electrons. The molecule has 0 aliphatic heterocycles. The van der Waals surface area contributed by atoms with Gasteiger partial charge in [0.05, 0.1) is 28.6 Å². The molecule has 92 valence electrons. The third-order valence-electron chi connectivity index (χ3n) is 2.63. The van der Waals surface area contributed by atoms with E-state index in [1.807, 2.05) is 30.2 Å². The Kier molecular flexibility index (Phi) is 4.20. The highest BCUT2D eigenvalue weighted by molar-refractivity contribution is 7.16. The number of aromatic nitrogens is 2. The van der Waals surface area contributed by atoms with E-state index in [-0.39, 0.29) is 6.04 Å². The Morgan fingerprint density at radius 2 is 2.35 bits per heavy atom. The number of thiophene rings is 1. The van der Waals surface area contributed by atoms with Crippen LogP contribution in [-0.4, -0.2) is 16.1 Å². The molecule has 1 N–H and O–H groups in total. The van der Waals surface area contributed by atoms with Gasteiger partial charge >= 0.3 is 0 Å². The van der Waals surface area contributed by atoms with Crippen LogP contribution in [0.5, 0.6) is 0 Å². The Labute approximate surface area is 110 Å². The summed E-state index contributed by atoms with van der Waals surface area (Å²) in [5.41, 5.74) is 1.16. The Hall–Kier alpha value is -0.840. The Balaban J connectivity index is 2.28. The predicted molar refractivity (Wildman–Crippen MR) is 72.7 cm³/mol. The predicted octanol–water partition coefficient (Wildman–Crippen LogP) is 3.22. The fraction of sp³-hybridized carbons (Fsp3) is 0.417. The van der Waals surface area contributed by atoms with Crippen molar-refractivity contribution in [3.8, 4) is 0 Å². The first-order valence-electron chi connectivity index (χ1n) is 5.67. The SMILES string of the molecule is CCCNC(c1ccc(Cl)s1)c1cncn1C. The molecule has 2 rings (SSSR count). The highest BCUT2D eigenvalue weighted by atomic mass is 35.5. The molecule has 0 aliphatic rings. The fourth-order valence-corrected chi connectivity index (χ4v) is 2.92. The van der Waals surface area contributed by atoms with E-state index in [4.69, 9.17) is 11.6 Å². The third-order valence-corrected chi connectivity index (χ3v) is 3.92. The van der Waals surface area contributed by atoms with Gasteiger partial charge in [0.15, 0.2) is 0 Å². The fourth-order valence-electron chi connectivity index (χ4n) is 1.77. The zero-order valence-electron chi connectivity index (χ0n) is 9.98. The number of hydrogen-bond donors (Lipinski definition) is 1. The summed E-state index contributed by atoms with van der Waals surface area (Å²) < 4.78 is 2.87. The maximum atomic E-state index is 6.01. The van der Waals surface area contributed by atoms with Crippen LogP contribution < -0.4 is 5.32 Å². The highest BCUT2D eigenvalue weighted by Crippen LogP contribution is 2.30. The molecule has 0 aromatic carbocycles. The van der Waals surface area contributed by atoms with Gasteiger partial charge in [0.2, 0.25) is 0 Å². The average Bonchev–Trinajstić information content (AvgIpc) is 2.90. The van der Waals surface area contributed by atoms with Gasteiger partial charge in [-0.15, -0.1) is 11.3 Å². The van der Waals surface area contributed by atoms with Crippen molar-refractivity contribution in [1.82, 2.24) is 14.9 Å². The van der Waals surface area contributed by atoms with Crippen LogP contribution in [0.1, 0.15) is 30.0 Å². The lowest BCUT2D eigenvalue weighted by Crippen LogP contribution is -2.24. The molecule has 0 spiro atoms. The van der Waals surface area contributed by atoms with Gasteiger partial charge in [-0.1, -0.05) is 18.5 Å². The van der Waals surface area contributed by atoms with Crippen molar-refractivity contribution in [3.63, 3.8) is 0 Å². The first kappa shape index (κ1) is 12.6. The quantitative estimate of drug-likeness (QED) is 0.903.